The maximum Gasteiger partial charge on any atom is 0.339 e. The number of anilines is 1. The van der Waals surface area contributed by atoms with Crippen LogP contribution in [0.3, 0.4) is 0 Å². The minimum absolute atomic E-state index is 0.0247. The Morgan fingerprint density at radius 1 is 0.824 bits per heavy atom. The Morgan fingerprint density at radius 2 is 1.47 bits per heavy atom. The molecule has 0 spiro atoms. The molecule has 34 heavy (non-hydrogen) atoms. The normalized spacial score (nSPS) is 11.6. The molecule has 0 fully saturated rings. The van der Waals surface area contributed by atoms with Crippen LogP contribution in [0.1, 0.15) is 18.1 Å². The summed E-state index contributed by atoms with van der Waals surface area (Å²) in [5.74, 6) is -0.842. The van der Waals surface area contributed by atoms with E-state index in [0.717, 1.165) is 9.87 Å². The summed E-state index contributed by atoms with van der Waals surface area (Å²) < 4.78 is 63.4. The van der Waals surface area contributed by atoms with Gasteiger partial charge in [0.25, 0.3) is 10.0 Å². The standard InChI is InChI=1S/C24H25NO7S2/c1-4-31-24(26)17-25(33(27,28)22-12-10-18(2)11-13-22)20-14-19(3)15-21(16-20)32-34(29,30)23-8-6-5-7-9-23/h5-16H,4,17H2,1-3H3. The summed E-state index contributed by atoms with van der Waals surface area (Å²) in [5.41, 5.74) is 1.46. The SMILES string of the molecule is CCOC(=O)CN(c1cc(C)cc(OS(=O)(=O)c2ccccc2)c1)S(=O)(=O)c1ccc(C)cc1. The first-order valence-corrected chi connectivity index (χ1v) is 13.2. The molecule has 3 aromatic rings. The van der Waals surface area contributed by atoms with Gasteiger partial charge in [-0.1, -0.05) is 35.9 Å². The summed E-state index contributed by atoms with van der Waals surface area (Å²) in [6.07, 6.45) is 0. The van der Waals surface area contributed by atoms with Crippen LogP contribution >= 0.6 is 0 Å². The van der Waals surface area contributed by atoms with Crippen LogP contribution in [0.25, 0.3) is 0 Å². The number of hydrogen-bond donors (Lipinski definition) is 0. The monoisotopic (exact) mass is 503 g/mol. The first-order valence-electron chi connectivity index (χ1n) is 10.4. The lowest BCUT2D eigenvalue weighted by Gasteiger charge is -2.24. The molecule has 10 heteroatoms. The average Bonchev–Trinajstić information content (AvgIpc) is 2.78. The largest absolute Gasteiger partial charge is 0.465 e. The second kappa shape index (κ2) is 10.3. The zero-order valence-electron chi connectivity index (χ0n) is 19.0. The Kier molecular flexibility index (Phi) is 7.63. The highest BCUT2D eigenvalue weighted by Crippen LogP contribution is 2.30. The van der Waals surface area contributed by atoms with Gasteiger partial charge in [-0.2, -0.15) is 8.42 Å². The van der Waals surface area contributed by atoms with Crippen molar-refractivity contribution in [1.29, 1.82) is 0 Å². The molecular formula is C24H25NO7S2. The van der Waals surface area contributed by atoms with Gasteiger partial charge < -0.3 is 8.92 Å². The van der Waals surface area contributed by atoms with Crippen molar-refractivity contribution >= 4 is 31.8 Å². The molecule has 0 heterocycles. The summed E-state index contributed by atoms with van der Waals surface area (Å²) in [6.45, 7) is 4.58. The van der Waals surface area contributed by atoms with Crippen molar-refractivity contribution in [2.45, 2.75) is 30.6 Å². The Labute approximate surface area is 199 Å². The van der Waals surface area contributed by atoms with Gasteiger partial charge in [-0.15, -0.1) is 0 Å². The summed E-state index contributed by atoms with van der Waals surface area (Å²) >= 11 is 0. The number of sulfonamides is 1. The molecule has 0 aliphatic heterocycles. The molecule has 3 aromatic carbocycles. The fourth-order valence-electron chi connectivity index (χ4n) is 3.16. The molecular weight excluding hydrogens is 478 g/mol. The van der Waals surface area contributed by atoms with Gasteiger partial charge >= 0.3 is 16.1 Å². The van der Waals surface area contributed by atoms with Crippen LogP contribution in [-0.4, -0.2) is 36.0 Å². The molecule has 3 rings (SSSR count). The maximum atomic E-state index is 13.5. The van der Waals surface area contributed by atoms with E-state index >= 15 is 0 Å². The number of aryl methyl sites for hydroxylation is 2. The number of rotatable bonds is 9. The summed E-state index contributed by atoms with van der Waals surface area (Å²) in [6, 6.07) is 18.0. The smallest absolute Gasteiger partial charge is 0.339 e. The Hall–Kier alpha value is -3.37. The topological polar surface area (TPSA) is 107 Å². The van der Waals surface area contributed by atoms with Crippen LogP contribution in [0.5, 0.6) is 5.75 Å². The van der Waals surface area contributed by atoms with E-state index in [0.29, 0.717) is 5.56 Å². The maximum absolute atomic E-state index is 13.5. The molecule has 0 aliphatic carbocycles. The third-order valence-corrected chi connectivity index (χ3v) is 7.80. The number of benzene rings is 3. The zero-order chi connectivity index (χ0) is 24.9. The van der Waals surface area contributed by atoms with Crippen molar-refractivity contribution in [3.05, 3.63) is 83.9 Å². The number of nitrogens with zero attached hydrogens (tertiary/aromatic N) is 1. The van der Waals surface area contributed by atoms with Crippen LogP contribution < -0.4 is 8.49 Å². The summed E-state index contributed by atoms with van der Waals surface area (Å²) in [7, 11) is -8.34. The first kappa shape index (κ1) is 25.3. The summed E-state index contributed by atoms with van der Waals surface area (Å²) in [5, 5.41) is 0. The molecule has 0 aliphatic rings. The van der Waals surface area contributed by atoms with E-state index in [1.807, 2.05) is 6.92 Å². The molecule has 0 aromatic heterocycles. The number of carbonyl (C=O) groups is 1. The predicted octanol–water partition coefficient (Wildman–Crippen LogP) is 3.83. The van der Waals surface area contributed by atoms with E-state index < -0.39 is 32.7 Å². The molecule has 0 amide bonds. The van der Waals surface area contributed by atoms with Crippen molar-refractivity contribution in [2.24, 2.45) is 0 Å². The van der Waals surface area contributed by atoms with Gasteiger partial charge in [-0.05, 0) is 62.7 Å². The van der Waals surface area contributed by atoms with E-state index in [2.05, 4.69) is 0 Å². The predicted molar refractivity (Wildman–Crippen MR) is 128 cm³/mol. The van der Waals surface area contributed by atoms with Gasteiger partial charge in [0, 0.05) is 6.07 Å². The van der Waals surface area contributed by atoms with Crippen LogP contribution in [0.2, 0.25) is 0 Å². The first-order chi connectivity index (χ1) is 16.0. The molecule has 180 valence electrons. The quantitative estimate of drug-likeness (QED) is 0.323. The molecule has 0 saturated carbocycles. The molecule has 8 nitrogen and oxygen atoms in total. The van der Waals surface area contributed by atoms with Gasteiger partial charge in [0.1, 0.15) is 17.2 Å². The third kappa shape index (κ3) is 5.95. The molecule has 0 bridgehead atoms. The van der Waals surface area contributed by atoms with Crippen LogP contribution in [0.15, 0.2) is 82.6 Å². The third-order valence-electron chi connectivity index (χ3n) is 4.75. The van der Waals surface area contributed by atoms with E-state index in [4.69, 9.17) is 8.92 Å². The molecule has 0 saturated heterocycles. The lowest BCUT2D eigenvalue weighted by molar-refractivity contribution is -0.141. The second-order valence-electron chi connectivity index (χ2n) is 7.48. The van der Waals surface area contributed by atoms with Gasteiger partial charge in [0.05, 0.1) is 17.2 Å². The van der Waals surface area contributed by atoms with Gasteiger partial charge in [-0.25, -0.2) is 8.42 Å². The van der Waals surface area contributed by atoms with E-state index in [1.165, 1.54) is 42.5 Å². The fourth-order valence-corrected chi connectivity index (χ4v) is 5.49. The minimum Gasteiger partial charge on any atom is -0.465 e. The van der Waals surface area contributed by atoms with Crippen LogP contribution in [0.4, 0.5) is 5.69 Å². The van der Waals surface area contributed by atoms with Crippen molar-refractivity contribution in [2.75, 3.05) is 17.5 Å². The Morgan fingerprint density at radius 3 is 2.09 bits per heavy atom. The molecule has 0 radical (unpaired) electrons. The second-order valence-corrected chi connectivity index (χ2v) is 10.9. The van der Waals surface area contributed by atoms with Crippen molar-refractivity contribution in [1.82, 2.24) is 0 Å². The van der Waals surface area contributed by atoms with Gasteiger partial charge in [0.15, 0.2) is 0 Å². The van der Waals surface area contributed by atoms with Crippen molar-refractivity contribution in [3.8, 4) is 5.75 Å². The van der Waals surface area contributed by atoms with Crippen molar-refractivity contribution in [3.63, 3.8) is 0 Å². The Balaban J connectivity index is 2.06. The van der Waals surface area contributed by atoms with Crippen molar-refractivity contribution < 1.29 is 30.6 Å². The zero-order valence-corrected chi connectivity index (χ0v) is 20.6. The van der Waals surface area contributed by atoms with E-state index in [-0.39, 0.29) is 27.8 Å². The fraction of sp³-hybridized carbons (Fsp3) is 0.208. The highest BCUT2D eigenvalue weighted by Gasteiger charge is 2.29. The van der Waals surface area contributed by atoms with Gasteiger partial charge in [0.2, 0.25) is 0 Å². The average molecular weight is 504 g/mol. The van der Waals surface area contributed by atoms with Gasteiger partial charge in [-0.3, -0.25) is 9.10 Å². The van der Waals surface area contributed by atoms with Crippen LogP contribution in [-0.2, 0) is 29.7 Å². The van der Waals surface area contributed by atoms with E-state index in [9.17, 15) is 21.6 Å². The van der Waals surface area contributed by atoms with E-state index in [1.54, 1.807) is 44.2 Å². The number of hydrogen-bond acceptors (Lipinski definition) is 7. The lowest BCUT2D eigenvalue weighted by atomic mass is 10.2. The summed E-state index contributed by atoms with van der Waals surface area (Å²) in [4.78, 5) is 12.2. The Bertz CT molecular complexity index is 1370. The highest BCUT2D eigenvalue weighted by molar-refractivity contribution is 7.92. The molecule has 0 N–H and O–H groups in total. The lowest BCUT2D eigenvalue weighted by Crippen LogP contribution is -2.36. The molecule has 0 atom stereocenters. The number of carbonyl (C=O) groups excluding carboxylic acids is 1. The number of esters is 1. The molecule has 0 unspecified atom stereocenters. The van der Waals surface area contributed by atoms with Crippen LogP contribution in [0, 0.1) is 13.8 Å². The number of ether oxygens (including phenoxy) is 1. The highest BCUT2D eigenvalue weighted by atomic mass is 32.2. The minimum atomic E-state index is -4.19.